The summed E-state index contributed by atoms with van der Waals surface area (Å²) < 4.78 is 5.92. The molecule has 1 aromatic carbocycles. The van der Waals surface area contributed by atoms with Crippen LogP contribution in [0.1, 0.15) is 34.4 Å². The van der Waals surface area contributed by atoms with Gasteiger partial charge in [0.15, 0.2) is 6.61 Å². The summed E-state index contributed by atoms with van der Waals surface area (Å²) in [5.74, 6) is -1.05. The predicted octanol–water partition coefficient (Wildman–Crippen LogP) is 4.46. The molecule has 0 saturated heterocycles. The largest absolute Gasteiger partial charge is 0.452 e. The zero-order valence-corrected chi connectivity index (χ0v) is 16.9. The smallest absolute Gasteiger partial charge is 0.331 e. The highest BCUT2D eigenvalue weighted by Crippen LogP contribution is 2.37. The van der Waals surface area contributed by atoms with Crippen molar-refractivity contribution in [3.8, 4) is 6.07 Å². The van der Waals surface area contributed by atoms with E-state index in [4.69, 9.17) is 4.74 Å². The van der Waals surface area contributed by atoms with Crippen molar-refractivity contribution < 1.29 is 14.3 Å². The van der Waals surface area contributed by atoms with Crippen LogP contribution in [-0.2, 0) is 27.2 Å². The molecular formula is C20H17BrN2O3S. The standard InChI is InChI=1S/C20H17BrN2O3S/c21-14-8-5-13(6-9-14)7-10-19(25)26-12-18(24)23-20-16(11-22)15-3-1-2-4-17(15)27-20/h5-10H,1-4,12H2,(H,23,24)/b10-7+. The van der Waals surface area contributed by atoms with Gasteiger partial charge < -0.3 is 10.1 Å². The molecule has 5 nitrogen and oxygen atoms in total. The predicted molar refractivity (Wildman–Crippen MR) is 108 cm³/mol. The van der Waals surface area contributed by atoms with Crippen molar-refractivity contribution in [3.05, 3.63) is 56.4 Å². The van der Waals surface area contributed by atoms with Crippen LogP contribution in [0.15, 0.2) is 34.8 Å². The van der Waals surface area contributed by atoms with Crippen molar-refractivity contribution in [2.75, 3.05) is 11.9 Å². The number of ether oxygens (including phenoxy) is 1. The maximum atomic E-state index is 12.1. The minimum Gasteiger partial charge on any atom is -0.452 e. The SMILES string of the molecule is N#Cc1c(NC(=O)COC(=O)/C=C/c2ccc(Br)cc2)sc2c1CCCC2. The van der Waals surface area contributed by atoms with Gasteiger partial charge in [-0.1, -0.05) is 28.1 Å². The maximum Gasteiger partial charge on any atom is 0.331 e. The van der Waals surface area contributed by atoms with Gasteiger partial charge in [0.05, 0.1) is 5.56 Å². The summed E-state index contributed by atoms with van der Waals surface area (Å²) in [6, 6.07) is 9.62. The third-order valence-corrected chi connectivity index (χ3v) is 5.90. The van der Waals surface area contributed by atoms with Gasteiger partial charge in [-0.25, -0.2) is 4.79 Å². The number of thiophene rings is 1. The number of nitrogens with zero attached hydrogens (tertiary/aromatic N) is 1. The Morgan fingerprint density at radius 3 is 2.74 bits per heavy atom. The number of carbonyl (C=O) groups excluding carboxylic acids is 2. The normalized spacial score (nSPS) is 13.0. The van der Waals surface area contributed by atoms with Gasteiger partial charge in [0.25, 0.3) is 5.91 Å². The second-order valence-electron chi connectivity index (χ2n) is 6.07. The molecule has 2 aromatic rings. The van der Waals surface area contributed by atoms with Gasteiger partial charge in [-0.3, -0.25) is 4.79 Å². The highest BCUT2D eigenvalue weighted by molar-refractivity contribution is 9.10. The Kier molecular flexibility index (Phi) is 6.43. The first kappa shape index (κ1) is 19.3. The quantitative estimate of drug-likeness (QED) is 0.545. The number of rotatable bonds is 5. The second-order valence-corrected chi connectivity index (χ2v) is 8.09. The summed E-state index contributed by atoms with van der Waals surface area (Å²) in [5.41, 5.74) is 2.45. The Morgan fingerprint density at radius 2 is 2.00 bits per heavy atom. The molecule has 0 unspecified atom stereocenters. The van der Waals surface area contributed by atoms with Crippen molar-refractivity contribution in [1.29, 1.82) is 5.26 Å². The topological polar surface area (TPSA) is 79.2 Å². The van der Waals surface area contributed by atoms with Gasteiger partial charge in [0.1, 0.15) is 11.1 Å². The van der Waals surface area contributed by atoms with Crippen LogP contribution in [0, 0.1) is 11.3 Å². The zero-order chi connectivity index (χ0) is 19.2. The molecule has 1 aromatic heterocycles. The van der Waals surface area contributed by atoms with Crippen LogP contribution < -0.4 is 5.32 Å². The van der Waals surface area contributed by atoms with Gasteiger partial charge in [-0.15, -0.1) is 11.3 Å². The fraction of sp³-hybridized carbons (Fsp3) is 0.250. The van der Waals surface area contributed by atoms with Gasteiger partial charge in [-0.05, 0) is 55.0 Å². The van der Waals surface area contributed by atoms with E-state index in [1.165, 1.54) is 22.3 Å². The number of amides is 1. The van der Waals surface area contributed by atoms with Crippen LogP contribution in [0.2, 0.25) is 0 Å². The summed E-state index contributed by atoms with van der Waals surface area (Å²) in [6.45, 7) is -0.392. The Labute approximate surface area is 169 Å². The number of fused-ring (bicyclic) bond motifs is 1. The number of hydrogen-bond donors (Lipinski definition) is 1. The molecule has 27 heavy (non-hydrogen) atoms. The lowest BCUT2D eigenvalue weighted by Gasteiger charge is -2.09. The monoisotopic (exact) mass is 444 g/mol. The van der Waals surface area contributed by atoms with Crippen molar-refractivity contribution in [1.82, 2.24) is 0 Å². The Hall–Kier alpha value is -2.43. The lowest BCUT2D eigenvalue weighted by Crippen LogP contribution is -2.20. The van der Waals surface area contributed by atoms with Crippen LogP contribution in [0.5, 0.6) is 0 Å². The van der Waals surface area contributed by atoms with Crippen LogP contribution in [0.25, 0.3) is 6.08 Å². The third-order valence-electron chi connectivity index (χ3n) is 4.16. The Morgan fingerprint density at radius 1 is 1.26 bits per heavy atom. The summed E-state index contributed by atoms with van der Waals surface area (Å²) in [5, 5.41) is 12.7. The lowest BCUT2D eigenvalue weighted by molar-refractivity contribution is -0.142. The van der Waals surface area contributed by atoms with Crippen LogP contribution in [-0.4, -0.2) is 18.5 Å². The highest BCUT2D eigenvalue weighted by Gasteiger charge is 2.21. The number of nitrogens with one attached hydrogen (secondary N) is 1. The minimum atomic E-state index is -0.598. The summed E-state index contributed by atoms with van der Waals surface area (Å²) in [7, 11) is 0. The molecule has 0 saturated carbocycles. The van der Waals surface area contributed by atoms with Gasteiger partial charge in [-0.2, -0.15) is 5.26 Å². The molecule has 7 heteroatoms. The first-order chi connectivity index (χ1) is 13.1. The van der Waals surface area contributed by atoms with E-state index in [0.717, 1.165) is 41.3 Å². The molecule has 1 amide bonds. The van der Waals surface area contributed by atoms with Gasteiger partial charge in [0.2, 0.25) is 0 Å². The molecule has 1 heterocycles. The van der Waals surface area contributed by atoms with E-state index in [1.807, 2.05) is 24.3 Å². The molecule has 1 aliphatic carbocycles. The first-order valence-corrected chi connectivity index (χ1v) is 10.1. The number of halogens is 1. The number of carbonyl (C=O) groups is 2. The molecule has 0 aliphatic heterocycles. The molecule has 0 atom stereocenters. The molecule has 3 rings (SSSR count). The van der Waals surface area contributed by atoms with Crippen LogP contribution in [0.4, 0.5) is 5.00 Å². The summed E-state index contributed by atoms with van der Waals surface area (Å²) in [6.07, 6.45) is 6.89. The fourth-order valence-electron chi connectivity index (χ4n) is 2.86. The number of nitriles is 1. The van der Waals surface area contributed by atoms with E-state index in [9.17, 15) is 14.9 Å². The zero-order valence-electron chi connectivity index (χ0n) is 14.5. The molecule has 1 aliphatic rings. The minimum absolute atomic E-state index is 0.392. The van der Waals surface area contributed by atoms with E-state index in [2.05, 4.69) is 27.3 Å². The molecular weight excluding hydrogens is 428 g/mol. The Bertz CT molecular complexity index is 926. The van der Waals surface area contributed by atoms with Crippen LogP contribution >= 0.6 is 27.3 Å². The van der Waals surface area contributed by atoms with Crippen molar-refractivity contribution in [2.45, 2.75) is 25.7 Å². The molecule has 138 valence electrons. The van der Waals surface area contributed by atoms with E-state index in [0.29, 0.717) is 10.6 Å². The first-order valence-electron chi connectivity index (χ1n) is 8.51. The molecule has 0 bridgehead atoms. The number of anilines is 1. The average molecular weight is 445 g/mol. The number of aryl methyl sites for hydroxylation is 1. The summed E-state index contributed by atoms with van der Waals surface area (Å²) >= 11 is 4.79. The van der Waals surface area contributed by atoms with E-state index < -0.39 is 18.5 Å². The summed E-state index contributed by atoms with van der Waals surface area (Å²) in [4.78, 5) is 25.0. The van der Waals surface area contributed by atoms with E-state index in [-0.39, 0.29) is 0 Å². The fourth-order valence-corrected chi connectivity index (χ4v) is 4.38. The molecule has 0 spiro atoms. The lowest BCUT2D eigenvalue weighted by atomic mass is 9.96. The van der Waals surface area contributed by atoms with Gasteiger partial charge >= 0.3 is 5.97 Å². The van der Waals surface area contributed by atoms with Crippen molar-refractivity contribution >= 4 is 50.2 Å². The van der Waals surface area contributed by atoms with Crippen molar-refractivity contribution in [3.63, 3.8) is 0 Å². The molecule has 1 N–H and O–H groups in total. The molecule has 0 radical (unpaired) electrons. The third kappa shape index (κ3) is 5.06. The number of benzene rings is 1. The van der Waals surface area contributed by atoms with Crippen molar-refractivity contribution in [2.24, 2.45) is 0 Å². The van der Waals surface area contributed by atoms with Crippen LogP contribution in [0.3, 0.4) is 0 Å². The second kappa shape index (κ2) is 8.98. The maximum absolute atomic E-state index is 12.1. The highest BCUT2D eigenvalue weighted by atomic mass is 79.9. The van der Waals surface area contributed by atoms with Gasteiger partial charge in [0, 0.05) is 15.4 Å². The van der Waals surface area contributed by atoms with E-state index in [1.54, 1.807) is 6.08 Å². The molecule has 0 fully saturated rings. The average Bonchev–Trinajstić information content (AvgIpc) is 3.02. The Balaban J connectivity index is 1.54. The number of hydrogen-bond acceptors (Lipinski definition) is 5. The number of esters is 1. The van der Waals surface area contributed by atoms with E-state index >= 15 is 0 Å².